The third-order valence-electron chi connectivity index (χ3n) is 4.30. The van der Waals surface area contributed by atoms with Crippen molar-refractivity contribution in [1.29, 1.82) is 0 Å². The maximum absolute atomic E-state index is 12.2. The third-order valence-corrected chi connectivity index (χ3v) is 4.53. The van der Waals surface area contributed by atoms with E-state index in [0.717, 1.165) is 6.42 Å². The second-order valence-corrected chi connectivity index (χ2v) is 5.94. The molecule has 2 aromatic rings. The normalized spacial score (nSPS) is 19.3. The molecular weight excluding hydrogens is 286 g/mol. The monoisotopic (exact) mass is 297 g/mol. The summed E-state index contributed by atoms with van der Waals surface area (Å²) in [6, 6.07) is 13.2. The van der Waals surface area contributed by atoms with Gasteiger partial charge in [0.15, 0.2) is 0 Å². The predicted molar refractivity (Wildman–Crippen MR) is 81.0 cm³/mol. The number of benzene rings is 2. The maximum Gasteiger partial charge on any atom is 0.299 e. The fraction of sp³-hybridized carbons (Fsp3) is 0.176. The van der Waals surface area contributed by atoms with Crippen LogP contribution in [0.5, 0.6) is 0 Å². The number of Topliss-reactive ketones (excluding diaryl/α,β-unsaturated/α-hetero) is 1. The lowest BCUT2D eigenvalue weighted by molar-refractivity contribution is -0.114. The lowest BCUT2D eigenvalue weighted by Gasteiger charge is -2.33. The van der Waals surface area contributed by atoms with Crippen molar-refractivity contribution in [3.63, 3.8) is 0 Å². The van der Waals surface area contributed by atoms with Crippen molar-refractivity contribution in [3.05, 3.63) is 64.2 Å². The SMILES string of the molecule is O=C1C(=O)N(CC2Cc3ccccc32)c2cc(Cl)ccc21. The highest BCUT2D eigenvalue weighted by Crippen LogP contribution is 2.39. The van der Waals surface area contributed by atoms with Crippen LogP contribution in [0.15, 0.2) is 42.5 Å². The van der Waals surface area contributed by atoms with Crippen LogP contribution >= 0.6 is 11.6 Å². The lowest BCUT2D eigenvalue weighted by atomic mass is 9.77. The Morgan fingerprint density at radius 1 is 1.14 bits per heavy atom. The van der Waals surface area contributed by atoms with E-state index in [1.807, 2.05) is 12.1 Å². The third kappa shape index (κ3) is 1.81. The van der Waals surface area contributed by atoms with Gasteiger partial charge in [0.1, 0.15) is 0 Å². The van der Waals surface area contributed by atoms with Crippen LogP contribution in [0.3, 0.4) is 0 Å². The first-order valence-corrected chi connectivity index (χ1v) is 7.26. The summed E-state index contributed by atoms with van der Waals surface area (Å²) in [4.78, 5) is 25.8. The smallest absolute Gasteiger partial charge is 0.299 e. The first kappa shape index (κ1) is 12.6. The average molecular weight is 298 g/mol. The molecule has 0 radical (unpaired) electrons. The molecule has 1 atom stereocenters. The molecule has 4 heteroatoms. The van der Waals surface area contributed by atoms with E-state index in [9.17, 15) is 9.59 Å². The van der Waals surface area contributed by atoms with Crippen molar-refractivity contribution >= 4 is 29.0 Å². The van der Waals surface area contributed by atoms with Crippen LogP contribution in [0.2, 0.25) is 5.02 Å². The molecule has 1 heterocycles. The Kier molecular flexibility index (Phi) is 2.66. The summed E-state index contributed by atoms with van der Waals surface area (Å²) in [5.74, 6) is -0.589. The first-order valence-electron chi connectivity index (χ1n) is 6.88. The van der Waals surface area contributed by atoms with E-state index < -0.39 is 11.7 Å². The summed E-state index contributed by atoms with van der Waals surface area (Å²) in [7, 11) is 0. The van der Waals surface area contributed by atoms with Gasteiger partial charge in [0.25, 0.3) is 11.7 Å². The van der Waals surface area contributed by atoms with Crippen LogP contribution in [-0.4, -0.2) is 18.2 Å². The average Bonchev–Trinajstić information content (AvgIpc) is 2.69. The molecule has 1 unspecified atom stereocenters. The van der Waals surface area contributed by atoms with Gasteiger partial charge >= 0.3 is 0 Å². The van der Waals surface area contributed by atoms with Gasteiger partial charge < -0.3 is 4.90 Å². The van der Waals surface area contributed by atoms with E-state index in [1.54, 1.807) is 23.1 Å². The van der Waals surface area contributed by atoms with E-state index in [2.05, 4.69) is 12.1 Å². The number of anilines is 1. The van der Waals surface area contributed by atoms with Crippen molar-refractivity contribution in [1.82, 2.24) is 0 Å². The zero-order valence-electron chi connectivity index (χ0n) is 11.2. The van der Waals surface area contributed by atoms with E-state index in [4.69, 9.17) is 11.6 Å². The molecule has 1 aliphatic heterocycles. The minimum atomic E-state index is -0.448. The van der Waals surface area contributed by atoms with Gasteiger partial charge in [0.2, 0.25) is 0 Å². The quantitative estimate of drug-likeness (QED) is 0.798. The molecule has 1 amide bonds. The Morgan fingerprint density at radius 2 is 1.95 bits per heavy atom. The van der Waals surface area contributed by atoms with Gasteiger partial charge in [0, 0.05) is 17.5 Å². The number of carbonyl (C=O) groups excluding carboxylic acids is 2. The number of halogens is 1. The largest absolute Gasteiger partial charge is 0.304 e. The molecule has 0 saturated heterocycles. The fourth-order valence-electron chi connectivity index (χ4n) is 3.19. The van der Waals surface area contributed by atoms with Crippen molar-refractivity contribution in [3.8, 4) is 0 Å². The molecule has 1 aliphatic carbocycles. The van der Waals surface area contributed by atoms with Crippen molar-refractivity contribution in [2.24, 2.45) is 0 Å². The van der Waals surface area contributed by atoms with E-state index in [0.29, 0.717) is 28.7 Å². The highest BCUT2D eigenvalue weighted by molar-refractivity contribution is 6.52. The molecule has 0 spiro atoms. The highest BCUT2D eigenvalue weighted by Gasteiger charge is 2.39. The number of rotatable bonds is 2. The Balaban J connectivity index is 1.67. The van der Waals surface area contributed by atoms with E-state index in [-0.39, 0.29) is 0 Å². The highest BCUT2D eigenvalue weighted by atomic mass is 35.5. The molecule has 0 saturated carbocycles. The molecule has 0 aromatic heterocycles. The van der Waals surface area contributed by atoms with Crippen LogP contribution in [-0.2, 0) is 11.2 Å². The standard InChI is InChI=1S/C17H12ClNO2/c18-12-5-6-14-15(8-12)19(17(21)16(14)20)9-11-7-10-3-1-2-4-13(10)11/h1-6,8,11H,7,9H2. The Labute approximate surface area is 127 Å². The number of hydrogen-bond donors (Lipinski definition) is 0. The van der Waals surface area contributed by atoms with Crippen LogP contribution in [0.4, 0.5) is 5.69 Å². The van der Waals surface area contributed by atoms with Gasteiger partial charge in [0.05, 0.1) is 11.3 Å². The minimum Gasteiger partial charge on any atom is -0.304 e. The second kappa shape index (κ2) is 4.43. The number of ketones is 1. The molecule has 104 valence electrons. The second-order valence-electron chi connectivity index (χ2n) is 5.51. The lowest BCUT2D eigenvalue weighted by Crippen LogP contribution is -2.37. The predicted octanol–water partition coefficient (Wildman–Crippen LogP) is 3.21. The van der Waals surface area contributed by atoms with Gasteiger partial charge in [-0.2, -0.15) is 0 Å². The summed E-state index contributed by atoms with van der Waals surface area (Å²) in [5, 5.41) is 0.537. The number of amides is 1. The molecule has 21 heavy (non-hydrogen) atoms. The van der Waals surface area contributed by atoms with Crippen LogP contribution < -0.4 is 4.90 Å². The Bertz CT molecular complexity index is 784. The topological polar surface area (TPSA) is 37.4 Å². The molecule has 2 aromatic carbocycles. The summed E-state index contributed by atoms with van der Waals surface area (Å²) in [6.45, 7) is 0.537. The molecular formula is C17H12ClNO2. The Morgan fingerprint density at radius 3 is 2.76 bits per heavy atom. The molecule has 3 nitrogen and oxygen atoms in total. The van der Waals surface area contributed by atoms with E-state index >= 15 is 0 Å². The summed E-state index contributed by atoms with van der Waals surface area (Å²) in [6.07, 6.45) is 0.948. The number of fused-ring (bicyclic) bond motifs is 2. The zero-order chi connectivity index (χ0) is 14.6. The first-order chi connectivity index (χ1) is 10.1. The zero-order valence-corrected chi connectivity index (χ0v) is 11.9. The van der Waals surface area contributed by atoms with Gasteiger partial charge in [-0.25, -0.2) is 0 Å². The Hall–Kier alpha value is -2.13. The van der Waals surface area contributed by atoms with Crippen molar-refractivity contribution in [2.45, 2.75) is 12.3 Å². The van der Waals surface area contributed by atoms with Crippen LogP contribution in [0.1, 0.15) is 27.4 Å². The summed E-state index contributed by atoms with van der Waals surface area (Å²) in [5.41, 5.74) is 3.69. The maximum atomic E-state index is 12.2. The molecule has 0 fully saturated rings. The number of carbonyl (C=O) groups is 2. The van der Waals surface area contributed by atoms with Gasteiger partial charge in [-0.1, -0.05) is 35.9 Å². The van der Waals surface area contributed by atoms with Crippen molar-refractivity contribution in [2.75, 3.05) is 11.4 Å². The molecule has 2 aliphatic rings. The number of nitrogens with zero attached hydrogens (tertiary/aromatic N) is 1. The minimum absolute atomic E-state index is 0.294. The van der Waals surface area contributed by atoms with Crippen LogP contribution in [0.25, 0.3) is 0 Å². The fourth-order valence-corrected chi connectivity index (χ4v) is 3.36. The van der Waals surface area contributed by atoms with Crippen molar-refractivity contribution < 1.29 is 9.59 Å². The van der Waals surface area contributed by atoms with Gasteiger partial charge in [-0.3, -0.25) is 9.59 Å². The molecule has 0 bridgehead atoms. The van der Waals surface area contributed by atoms with E-state index in [1.165, 1.54) is 11.1 Å². The number of hydrogen-bond acceptors (Lipinski definition) is 2. The molecule has 4 rings (SSSR count). The summed E-state index contributed by atoms with van der Waals surface area (Å²) < 4.78 is 0. The summed E-state index contributed by atoms with van der Waals surface area (Å²) >= 11 is 6.00. The molecule has 0 N–H and O–H groups in total. The van der Waals surface area contributed by atoms with Gasteiger partial charge in [-0.15, -0.1) is 0 Å². The van der Waals surface area contributed by atoms with Crippen LogP contribution in [0, 0.1) is 0 Å². The van der Waals surface area contributed by atoms with Gasteiger partial charge in [-0.05, 0) is 35.7 Å².